The predicted octanol–water partition coefficient (Wildman–Crippen LogP) is 0.767. The van der Waals surface area contributed by atoms with Crippen molar-refractivity contribution in [2.75, 3.05) is 32.8 Å². The number of ether oxygens (including phenoxy) is 1. The van der Waals surface area contributed by atoms with E-state index in [1.807, 2.05) is 0 Å². The van der Waals surface area contributed by atoms with Crippen LogP contribution in [0.15, 0.2) is 0 Å². The number of piperidine rings is 1. The molecule has 0 aromatic rings. The molecule has 1 atom stereocenters. The number of carbonyl (C=O) groups excluding carboxylic acids is 1. The Bertz CT molecular complexity index is 294. The van der Waals surface area contributed by atoms with Crippen molar-refractivity contribution in [3.63, 3.8) is 0 Å². The van der Waals surface area contributed by atoms with Crippen LogP contribution in [0.25, 0.3) is 0 Å². The average Bonchev–Trinajstić information content (AvgIpc) is 2.96. The van der Waals surface area contributed by atoms with Gasteiger partial charge in [-0.1, -0.05) is 0 Å². The van der Waals surface area contributed by atoms with Crippen LogP contribution in [0.1, 0.15) is 32.1 Å². The quantitative estimate of drug-likeness (QED) is 0.772. The van der Waals surface area contributed by atoms with Crippen molar-refractivity contribution in [2.45, 2.75) is 38.2 Å². The molecule has 4 nitrogen and oxygen atoms in total. The SMILES string of the molecule is O=C1N(CC2CCCO2)CCC12CCNCC2. The maximum absolute atomic E-state index is 12.5. The number of likely N-dealkylation sites (tertiary alicyclic amines) is 1. The van der Waals surface area contributed by atoms with Crippen LogP contribution in [0.2, 0.25) is 0 Å². The van der Waals surface area contributed by atoms with Gasteiger partial charge in [0.15, 0.2) is 0 Å². The zero-order valence-electron chi connectivity index (χ0n) is 10.4. The van der Waals surface area contributed by atoms with E-state index in [2.05, 4.69) is 10.2 Å². The molecule has 0 radical (unpaired) electrons. The van der Waals surface area contributed by atoms with Crippen LogP contribution in [-0.2, 0) is 9.53 Å². The van der Waals surface area contributed by atoms with Gasteiger partial charge < -0.3 is 15.0 Å². The topological polar surface area (TPSA) is 41.6 Å². The van der Waals surface area contributed by atoms with Crippen molar-refractivity contribution in [3.05, 3.63) is 0 Å². The summed E-state index contributed by atoms with van der Waals surface area (Å²) >= 11 is 0. The maximum atomic E-state index is 12.5. The number of amides is 1. The second kappa shape index (κ2) is 4.58. The zero-order valence-corrected chi connectivity index (χ0v) is 10.4. The lowest BCUT2D eigenvalue weighted by molar-refractivity contribution is -0.138. The summed E-state index contributed by atoms with van der Waals surface area (Å²) in [6.45, 7) is 4.65. The fourth-order valence-corrected chi connectivity index (χ4v) is 3.47. The molecule has 0 aliphatic carbocycles. The molecular weight excluding hydrogens is 216 g/mol. The molecule has 1 amide bonds. The summed E-state index contributed by atoms with van der Waals surface area (Å²) in [5.74, 6) is 0.398. The Kier molecular flexibility index (Phi) is 3.09. The lowest BCUT2D eigenvalue weighted by atomic mass is 9.78. The van der Waals surface area contributed by atoms with Gasteiger partial charge in [0.05, 0.1) is 11.5 Å². The van der Waals surface area contributed by atoms with Crippen LogP contribution < -0.4 is 5.32 Å². The number of rotatable bonds is 2. The number of carbonyl (C=O) groups is 1. The van der Waals surface area contributed by atoms with E-state index in [4.69, 9.17) is 4.74 Å². The largest absolute Gasteiger partial charge is 0.376 e. The van der Waals surface area contributed by atoms with E-state index in [9.17, 15) is 4.79 Å². The van der Waals surface area contributed by atoms with Crippen LogP contribution in [0.4, 0.5) is 0 Å². The minimum atomic E-state index is -0.0240. The van der Waals surface area contributed by atoms with Crippen molar-refractivity contribution < 1.29 is 9.53 Å². The Morgan fingerprint density at radius 2 is 2.18 bits per heavy atom. The van der Waals surface area contributed by atoms with Crippen molar-refractivity contribution >= 4 is 5.91 Å². The van der Waals surface area contributed by atoms with Gasteiger partial charge in [-0.15, -0.1) is 0 Å². The molecule has 3 aliphatic rings. The smallest absolute Gasteiger partial charge is 0.229 e. The molecule has 3 rings (SSSR count). The summed E-state index contributed by atoms with van der Waals surface area (Å²) in [7, 11) is 0. The molecule has 0 saturated carbocycles. The third-order valence-corrected chi connectivity index (χ3v) is 4.61. The normalized spacial score (nSPS) is 32.6. The Morgan fingerprint density at radius 3 is 2.88 bits per heavy atom. The lowest BCUT2D eigenvalue weighted by Gasteiger charge is -2.32. The summed E-state index contributed by atoms with van der Waals surface area (Å²) in [4.78, 5) is 14.6. The molecule has 4 heteroatoms. The molecule has 17 heavy (non-hydrogen) atoms. The summed E-state index contributed by atoms with van der Waals surface area (Å²) < 4.78 is 5.63. The Labute approximate surface area is 103 Å². The van der Waals surface area contributed by atoms with Crippen LogP contribution in [-0.4, -0.2) is 49.7 Å². The summed E-state index contributed by atoms with van der Waals surface area (Å²) in [6, 6.07) is 0. The van der Waals surface area contributed by atoms with Crippen LogP contribution in [0, 0.1) is 5.41 Å². The molecule has 0 aromatic carbocycles. The molecule has 3 saturated heterocycles. The van der Waals surface area contributed by atoms with E-state index in [1.165, 1.54) is 0 Å². The summed E-state index contributed by atoms with van der Waals surface area (Å²) in [5, 5.41) is 3.35. The third-order valence-electron chi connectivity index (χ3n) is 4.61. The molecule has 1 spiro atoms. The van der Waals surface area contributed by atoms with E-state index >= 15 is 0 Å². The second-order valence-electron chi connectivity index (χ2n) is 5.67. The maximum Gasteiger partial charge on any atom is 0.229 e. The molecular formula is C13H22N2O2. The van der Waals surface area contributed by atoms with Crippen molar-refractivity contribution in [2.24, 2.45) is 5.41 Å². The molecule has 1 N–H and O–H groups in total. The van der Waals surface area contributed by atoms with Gasteiger partial charge in [-0.3, -0.25) is 4.79 Å². The molecule has 0 bridgehead atoms. The van der Waals surface area contributed by atoms with Crippen LogP contribution in [0.3, 0.4) is 0 Å². The summed E-state index contributed by atoms with van der Waals surface area (Å²) in [5.41, 5.74) is -0.0240. The fourth-order valence-electron chi connectivity index (χ4n) is 3.47. The first-order valence-corrected chi connectivity index (χ1v) is 6.92. The molecule has 3 fully saturated rings. The van der Waals surface area contributed by atoms with Crippen LogP contribution >= 0.6 is 0 Å². The minimum Gasteiger partial charge on any atom is -0.376 e. The average molecular weight is 238 g/mol. The van der Waals surface area contributed by atoms with Gasteiger partial charge >= 0.3 is 0 Å². The Morgan fingerprint density at radius 1 is 1.35 bits per heavy atom. The third kappa shape index (κ3) is 2.08. The van der Waals surface area contributed by atoms with Gasteiger partial charge in [-0.25, -0.2) is 0 Å². The van der Waals surface area contributed by atoms with Gasteiger partial charge in [-0.05, 0) is 45.2 Å². The van der Waals surface area contributed by atoms with Gasteiger partial charge in [0, 0.05) is 19.7 Å². The highest BCUT2D eigenvalue weighted by molar-refractivity contribution is 5.85. The highest BCUT2D eigenvalue weighted by atomic mass is 16.5. The van der Waals surface area contributed by atoms with Gasteiger partial charge in [0.1, 0.15) is 0 Å². The Balaban J connectivity index is 1.62. The van der Waals surface area contributed by atoms with Crippen LogP contribution in [0.5, 0.6) is 0 Å². The van der Waals surface area contributed by atoms with Crippen molar-refractivity contribution in [1.29, 1.82) is 0 Å². The Hall–Kier alpha value is -0.610. The molecule has 3 aliphatic heterocycles. The first kappa shape index (κ1) is 11.5. The minimum absolute atomic E-state index is 0.0240. The molecule has 0 aromatic heterocycles. The van der Waals surface area contributed by atoms with E-state index < -0.39 is 0 Å². The lowest BCUT2D eigenvalue weighted by Crippen LogP contribution is -2.44. The number of nitrogens with zero attached hydrogens (tertiary/aromatic N) is 1. The number of nitrogens with one attached hydrogen (secondary N) is 1. The van der Waals surface area contributed by atoms with Gasteiger partial charge in [0.25, 0.3) is 0 Å². The predicted molar refractivity (Wildman–Crippen MR) is 64.7 cm³/mol. The second-order valence-corrected chi connectivity index (χ2v) is 5.67. The zero-order chi connectivity index (χ0) is 11.7. The van der Waals surface area contributed by atoms with Crippen molar-refractivity contribution in [1.82, 2.24) is 10.2 Å². The van der Waals surface area contributed by atoms with E-state index in [-0.39, 0.29) is 5.41 Å². The summed E-state index contributed by atoms with van der Waals surface area (Å²) in [6.07, 6.45) is 5.68. The molecule has 96 valence electrons. The molecule has 1 unspecified atom stereocenters. The first-order chi connectivity index (χ1) is 8.30. The van der Waals surface area contributed by atoms with Crippen molar-refractivity contribution in [3.8, 4) is 0 Å². The highest BCUT2D eigenvalue weighted by Gasteiger charge is 2.47. The monoisotopic (exact) mass is 238 g/mol. The van der Waals surface area contributed by atoms with E-state index in [0.717, 1.165) is 64.9 Å². The number of hydrogen-bond acceptors (Lipinski definition) is 3. The molecule has 3 heterocycles. The van der Waals surface area contributed by atoms with E-state index in [0.29, 0.717) is 12.0 Å². The van der Waals surface area contributed by atoms with E-state index in [1.54, 1.807) is 0 Å². The number of hydrogen-bond donors (Lipinski definition) is 1. The van der Waals surface area contributed by atoms with Gasteiger partial charge in [0.2, 0.25) is 5.91 Å². The van der Waals surface area contributed by atoms with Gasteiger partial charge in [-0.2, -0.15) is 0 Å². The standard InChI is InChI=1S/C13H22N2O2/c16-12-13(3-6-14-7-4-13)5-8-15(12)10-11-2-1-9-17-11/h11,14H,1-10H2. The highest BCUT2D eigenvalue weighted by Crippen LogP contribution is 2.40. The fraction of sp³-hybridized carbons (Fsp3) is 0.923. The first-order valence-electron chi connectivity index (χ1n) is 6.92.